The summed E-state index contributed by atoms with van der Waals surface area (Å²) in [7, 11) is 1.64. The van der Waals surface area contributed by atoms with E-state index in [0.29, 0.717) is 12.0 Å². The van der Waals surface area contributed by atoms with E-state index in [-0.39, 0.29) is 5.69 Å². The van der Waals surface area contributed by atoms with Gasteiger partial charge in [-0.15, -0.1) is 0 Å². The Morgan fingerprint density at radius 1 is 1.32 bits per heavy atom. The van der Waals surface area contributed by atoms with Crippen molar-refractivity contribution in [2.45, 2.75) is 39.3 Å². The van der Waals surface area contributed by atoms with E-state index in [9.17, 15) is 4.79 Å². The molecular weight excluding hydrogens is 278 g/mol. The zero-order chi connectivity index (χ0) is 15.7. The number of benzene rings is 1. The minimum Gasteiger partial charge on any atom is -0.497 e. The fourth-order valence-electron chi connectivity index (χ4n) is 3.36. The summed E-state index contributed by atoms with van der Waals surface area (Å²) in [5.74, 6) is 1.35. The van der Waals surface area contributed by atoms with Crippen LogP contribution in [0.25, 0.3) is 11.0 Å². The second-order valence-electron chi connectivity index (χ2n) is 6.50. The van der Waals surface area contributed by atoms with Crippen molar-refractivity contribution in [1.82, 2.24) is 14.5 Å². The van der Waals surface area contributed by atoms with E-state index in [1.165, 1.54) is 0 Å². The van der Waals surface area contributed by atoms with E-state index in [1.807, 2.05) is 22.8 Å². The first-order valence-corrected chi connectivity index (χ1v) is 8.09. The van der Waals surface area contributed by atoms with Crippen molar-refractivity contribution in [1.29, 1.82) is 0 Å². The van der Waals surface area contributed by atoms with Gasteiger partial charge in [0.2, 0.25) is 0 Å². The second-order valence-corrected chi connectivity index (χ2v) is 6.50. The molecule has 0 atom stereocenters. The van der Waals surface area contributed by atoms with Gasteiger partial charge in [0.1, 0.15) is 5.75 Å². The molecule has 0 aliphatic carbocycles. The van der Waals surface area contributed by atoms with Gasteiger partial charge in [0.25, 0.3) is 0 Å². The third-order valence-corrected chi connectivity index (χ3v) is 4.80. The Labute approximate surface area is 130 Å². The zero-order valence-corrected chi connectivity index (χ0v) is 13.6. The van der Waals surface area contributed by atoms with E-state index in [0.717, 1.165) is 49.3 Å². The number of aromatic amines is 1. The standard InChI is InChI=1S/C17H25N3O2/c1-12(2)19-8-6-13(7-9-19)11-20-16-5-4-14(22-3)10-15(16)18-17(20)21/h4-5,10,12-13H,6-9,11H2,1-3H3,(H,18,21). The maximum absolute atomic E-state index is 12.2. The van der Waals surface area contributed by atoms with Crippen LogP contribution in [0.4, 0.5) is 0 Å². The van der Waals surface area contributed by atoms with Gasteiger partial charge in [-0.1, -0.05) is 0 Å². The first-order chi connectivity index (χ1) is 10.6. The molecule has 1 aliphatic heterocycles. The third kappa shape index (κ3) is 2.90. The van der Waals surface area contributed by atoms with Crippen molar-refractivity contribution < 1.29 is 4.74 Å². The molecule has 2 heterocycles. The van der Waals surface area contributed by atoms with Crippen LogP contribution in [0.3, 0.4) is 0 Å². The normalized spacial score (nSPS) is 17.5. The minimum absolute atomic E-state index is 0.0189. The number of hydrogen-bond acceptors (Lipinski definition) is 3. The SMILES string of the molecule is COc1ccc2c(c1)[nH]c(=O)n2CC1CCN(C(C)C)CC1. The van der Waals surface area contributed by atoms with Crippen LogP contribution in [0.15, 0.2) is 23.0 Å². The van der Waals surface area contributed by atoms with Crippen LogP contribution in [0, 0.1) is 5.92 Å². The number of nitrogens with zero attached hydrogens (tertiary/aromatic N) is 2. The van der Waals surface area contributed by atoms with E-state index < -0.39 is 0 Å². The van der Waals surface area contributed by atoms with Gasteiger partial charge < -0.3 is 14.6 Å². The molecule has 0 saturated carbocycles. The number of fused-ring (bicyclic) bond motifs is 1. The molecule has 1 fully saturated rings. The second kappa shape index (κ2) is 6.16. The average Bonchev–Trinajstić information content (AvgIpc) is 2.83. The summed E-state index contributed by atoms with van der Waals surface area (Å²) >= 11 is 0. The van der Waals surface area contributed by atoms with Crippen molar-refractivity contribution in [3.05, 3.63) is 28.7 Å². The van der Waals surface area contributed by atoms with Crippen molar-refractivity contribution in [2.24, 2.45) is 5.92 Å². The summed E-state index contributed by atoms with van der Waals surface area (Å²) in [6.07, 6.45) is 2.32. The van der Waals surface area contributed by atoms with Gasteiger partial charge in [0.05, 0.1) is 18.1 Å². The smallest absolute Gasteiger partial charge is 0.326 e. The first kappa shape index (κ1) is 15.2. The molecule has 0 amide bonds. The Morgan fingerprint density at radius 2 is 2.05 bits per heavy atom. The molecule has 22 heavy (non-hydrogen) atoms. The van der Waals surface area contributed by atoms with Crippen LogP contribution in [-0.2, 0) is 6.54 Å². The molecule has 1 aromatic carbocycles. The van der Waals surface area contributed by atoms with Gasteiger partial charge in [-0.2, -0.15) is 0 Å². The van der Waals surface area contributed by atoms with Crippen molar-refractivity contribution in [2.75, 3.05) is 20.2 Å². The molecule has 0 unspecified atom stereocenters. The zero-order valence-electron chi connectivity index (χ0n) is 13.6. The maximum atomic E-state index is 12.2. The van der Waals surface area contributed by atoms with Crippen LogP contribution in [0.5, 0.6) is 5.75 Å². The number of imidazole rings is 1. The van der Waals surface area contributed by atoms with E-state index >= 15 is 0 Å². The molecule has 1 aliphatic rings. The van der Waals surface area contributed by atoms with Crippen molar-refractivity contribution >= 4 is 11.0 Å². The quantitative estimate of drug-likeness (QED) is 0.944. The minimum atomic E-state index is -0.0189. The Bertz CT molecular complexity index is 693. The molecule has 0 bridgehead atoms. The molecule has 0 spiro atoms. The number of nitrogens with one attached hydrogen (secondary N) is 1. The topological polar surface area (TPSA) is 50.3 Å². The van der Waals surface area contributed by atoms with Gasteiger partial charge in [0, 0.05) is 18.7 Å². The van der Waals surface area contributed by atoms with Gasteiger partial charge in [-0.05, 0) is 57.8 Å². The lowest BCUT2D eigenvalue weighted by atomic mass is 9.96. The molecule has 5 nitrogen and oxygen atoms in total. The van der Waals surface area contributed by atoms with Gasteiger partial charge >= 0.3 is 5.69 Å². The lowest BCUT2D eigenvalue weighted by Gasteiger charge is -2.34. The average molecular weight is 303 g/mol. The molecule has 5 heteroatoms. The van der Waals surface area contributed by atoms with Crippen molar-refractivity contribution in [3.63, 3.8) is 0 Å². The van der Waals surface area contributed by atoms with Gasteiger partial charge in [-0.3, -0.25) is 4.57 Å². The number of piperidine rings is 1. The largest absolute Gasteiger partial charge is 0.497 e. The number of aromatic nitrogens is 2. The number of hydrogen-bond donors (Lipinski definition) is 1. The number of likely N-dealkylation sites (tertiary alicyclic amines) is 1. The van der Waals surface area contributed by atoms with Crippen LogP contribution in [-0.4, -0.2) is 40.7 Å². The van der Waals surface area contributed by atoms with E-state index in [2.05, 4.69) is 23.7 Å². The third-order valence-electron chi connectivity index (χ3n) is 4.80. The van der Waals surface area contributed by atoms with Crippen molar-refractivity contribution in [3.8, 4) is 5.75 Å². The highest BCUT2D eigenvalue weighted by Gasteiger charge is 2.22. The molecule has 120 valence electrons. The lowest BCUT2D eigenvalue weighted by molar-refractivity contribution is 0.142. The lowest BCUT2D eigenvalue weighted by Crippen LogP contribution is -2.39. The summed E-state index contributed by atoms with van der Waals surface area (Å²) in [5, 5.41) is 0. The van der Waals surface area contributed by atoms with Crippen LogP contribution in [0.2, 0.25) is 0 Å². The number of ether oxygens (including phenoxy) is 1. The summed E-state index contributed by atoms with van der Waals surface area (Å²) in [6, 6.07) is 6.38. The van der Waals surface area contributed by atoms with Gasteiger partial charge in [-0.25, -0.2) is 4.79 Å². The summed E-state index contributed by atoms with van der Waals surface area (Å²) in [5.41, 5.74) is 1.80. The highest BCUT2D eigenvalue weighted by molar-refractivity contribution is 5.76. The molecule has 0 radical (unpaired) electrons. The number of rotatable bonds is 4. The first-order valence-electron chi connectivity index (χ1n) is 8.09. The van der Waals surface area contributed by atoms with Crippen LogP contribution >= 0.6 is 0 Å². The molecule has 3 rings (SSSR count). The fraction of sp³-hybridized carbons (Fsp3) is 0.588. The Morgan fingerprint density at radius 3 is 2.68 bits per heavy atom. The fourth-order valence-corrected chi connectivity index (χ4v) is 3.36. The monoisotopic (exact) mass is 303 g/mol. The molecule has 2 aromatic rings. The predicted octanol–water partition coefficient (Wildman–Crippen LogP) is 2.46. The summed E-state index contributed by atoms with van der Waals surface area (Å²) in [6.45, 7) is 7.56. The molecular formula is C17H25N3O2. The van der Waals surface area contributed by atoms with Gasteiger partial charge in [0.15, 0.2) is 0 Å². The predicted molar refractivity (Wildman–Crippen MR) is 88.5 cm³/mol. The molecule has 1 N–H and O–H groups in total. The highest BCUT2D eigenvalue weighted by Crippen LogP contribution is 2.23. The van der Waals surface area contributed by atoms with Crippen LogP contribution < -0.4 is 10.4 Å². The summed E-state index contributed by atoms with van der Waals surface area (Å²) in [4.78, 5) is 17.7. The Hall–Kier alpha value is -1.75. The van der Waals surface area contributed by atoms with Crippen LogP contribution in [0.1, 0.15) is 26.7 Å². The maximum Gasteiger partial charge on any atom is 0.326 e. The Balaban J connectivity index is 1.77. The number of H-pyrrole nitrogens is 1. The molecule has 1 saturated heterocycles. The molecule has 1 aromatic heterocycles. The number of methoxy groups -OCH3 is 1. The van der Waals surface area contributed by atoms with E-state index in [1.54, 1.807) is 7.11 Å². The van der Waals surface area contributed by atoms with E-state index in [4.69, 9.17) is 4.74 Å². The Kier molecular flexibility index (Phi) is 4.25. The highest BCUT2D eigenvalue weighted by atomic mass is 16.5. The summed E-state index contributed by atoms with van der Waals surface area (Å²) < 4.78 is 7.10.